The van der Waals surface area contributed by atoms with E-state index < -0.39 is 5.41 Å². The summed E-state index contributed by atoms with van der Waals surface area (Å²) in [5, 5.41) is 8.75. The monoisotopic (exact) mass is 650 g/mol. The molecule has 1 saturated carbocycles. The summed E-state index contributed by atoms with van der Waals surface area (Å²) in [5.41, 5.74) is 2.28. The topological polar surface area (TPSA) is 90.5 Å². The largest absolute Gasteiger partial charge is 0.356 e. The standard InChI is InChI=1S/C41H54N4O3/c46-38(43-29-34-18-15-27-45(32-34)31-33-16-7-2-1-3-8-17-33)25-26-42-40(48)30-44-39(47)28-41(35-19-9-4-10-20-35,36-21-11-5-12-22-36)37-23-13-6-14-24-37/h4-6,9-14,19-24,33-34H,1-3,7-8,15-18,25-32H2,(H,42,48)(H,43,46)(H,44,47)/t34-/m1/s1. The number of rotatable bonds is 14. The molecule has 1 saturated heterocycles. The molecule has 2 fully saturated rings. The second-order valence-corrected chi connectivity index (χ2v) is 13.8. The van der Waals surface area contributed by atoms with Crippen molar-refractivity contribution in [2.24, 2.45) is 11.8 Å². The van der Waals surface area contributed by atoms with Crippen LogP contribution in [-0.4, -0.2) is 61.9 Å². The van der Waals surface area contributed by atoms with Crippen LogP contribution in [0.2, 0.25) is 0 Å². The highest BCUT2D eigenvalue weighted by Gasteiger charge is 2.38. The van der Waals surface area contributed by atoms with E-state index in [9.17, 15) is 14.4 Å². The Morgan fingerprint density at radius 1 is 0.604 bits per heavy atom. The minimum absolute atomic E-state index is 0.0464. The summed E-state index contributed by atoms with van der Waals surface area (Å²) in [5.74, 6) is 0.727. The van der Waals surface area contributed by atoms with Crippen LogP contribution in [0.25, 0.3) is 0 Å². The summed E-state index contributed by atoms with van der Waals surface area (Å²) in [6, 6.07) is 30.1. The van der Waals surface area contributed by atoms with Crippen LogP contribution >= 0.6 is 0 Å². The van der Waals surface area contributed by atoms with Crippen LogP contribution < -0.4 is 16.0 Å². The Kier molecular flexibility index (Phi) is 13.7. The SMILES string of the molecule is O=C(CCNC(=O)CNC(=O)CC(c1ccccc1)(c1ccccc1)c1ccccc1)NC[C@H]1CCCN(CC2CCCCCCC2)C1. The van der Waals surface area contributed by atoms with Gasteiger partial charge in [-0.25, -0.2) is 0 Å². The second kappa shape index (κ2) is 18.5. The number of amides is 3. The third-order valence-electron chi connectivity index (χ3n) is 10.3. The molecule has 7 heteroatoms. The molecule has 256 valence electrons. The molecule has 5 rings (SSSR count). The van der Waals surface area contributed by atoms with E-state index in [1.807, 2.05) is 54.6 Å². The summed E-state index contributed by atoms with van der Waals surface area (Å²) in [6.45, 7) is 4.23. The van der Waals surface area contributed by atoms with Crippen molar-refractivity contribution in [3.05, 3.63) is 108 Å². The Hall–Kier alpha value is -3.97. The van der Waals surface area contributed by atoms with Gasteiger partial charge < -0.3 is 20.9 Å². The molecule has 48 heavy (non-hydrogen) atoms. The molecule has 7 nitrogen and oxygen atoms in total. The van der Waals surface area contributed by atoms with E-state index in [1.165, 1.54) is 64.5 Å². The molecule has 1 atom stereocenters. The maximum Gasteiger partial charge on any atom is 0.239 e. The van der Waals surface area contributed by atoms with E-state index in [0.29, 0.717) is 12.5 Å². The van der Waals surface area contributed by atoms with Gasteiger partial charge in [-0.2, -0.15) is 0 Å². The van der Waals surface area contributed by atoms with Crippen molar-refractivity contribution in [3.8, 4) is 0 Å². The Balaban J connectivity index is 1.06. The van der Waals surface area contributed by atoms with Crippen LogP contribution in [0.15, 0.2) is 91.0 Å². The number of carbonyl (C=O) groups is 3. The predicted molar refractivity (Wildman–Crippen MR) is 192 cm³/mol. The summed E-state index contributed by atoms with van der Waals surface area (Å²) < 4.78 is 0. The van der Waals surface area contributed by atoms with Crippen molar-refractivity contribution in [3.63, 3.8) is 0 Å². The van der Waals surface area contributed by atoms with Crippen LogP contribution in [0.1, 0.15) is 87.3 Å². The molecule has 3 amide bonds. The molecule has 1 aliphatic carbocycles. The quantitative estimate of drug-likeness (QED) is 0.181. The van der Waals surface area contributed by atoms with Crippen molar-refractivity contribution in [2.45, 2.75) is 76.0 Å². The summed E-state index contributed by atoms with van der Waals surface area (Å²) in [4.78, 5) is 41.4. The summed E-state index contributed by atoms with van der Waals surface area (Å²) in [7, 11) is 0. The lowest BCUT2D eigenvalue weighted by Crippen LogP contribution is -2.43. The van der Waals surface area contributed by atoms with Crippen molar-refractivity contribution < 1.29 is 14.4 Å². The minimum Gasteiger partial charge on any atom is -0.356 e. The fourth-order valence-corrected chi connectivity index (χ4v) is 7.75. The molecule has 1 aliphatic heterocycles. The number of piperidine rings is 1. The van der Waals surface area contributed by atoms with E-state index >= 15 is 0 Å². The number of hydrogen-bond donors (Lipinski definition) is 3. The molecule has 0 spiro atoms. The fraction of sp³-hybridized carbons (Fsp3) is 0.488. The van der Waals surface area contributed by atoms with Gasteiger partial charge in [0.1, 0.15) is 0 Å². The van der Waals surface area contributed by atoms with Crippen molar-refractivity contribution in [1.82, 2.24) is 20.9 Å². The molecule has 0 radical (unpaired) electrons. The van der Waals surface area contributed by atoms with Gasteiger partial charge in [0.2, 0.25) is 17.7 Å². The first-order valence-electron chi connectivity index (χ1n) is 18.2. The lowest BCUT2D eigenvalue weighted by Gasteiger charge is -2.35. The molecular formula is C41H54N4O3. The maximum absolute atomic E-state index is 13.5. The lowest BCUT2D eigenvalue weighted by molar-refractivity contribution is -0.126. The van der Waals surface area contributed by atoms with Gasteiger partial charge in [0.05, 0.1) is 12.0 Å². The molecule has 3 aromatic carbocycles. The zero-order valence-electron chi connectivity index (χ0n) is 28.5. The number of nitrogens with zero attached hydrogens (tertiary/aromatic N) is 1. The smallest absolute Gasteiger partial charge is 0.239 e. The second-order valence-electron chi connectivity index (χ2n) is 13.8. The van der Waals surface area contributed by atoms with E-state index in [1.54, 1.807) is 0 Å². The summed E-state index contributed by atoms with van der Waals surface area (Å²) in [6.07, 6.45) is 12.4. The van der Waals surface area contributed by atoms with Gasteiger partial charge in [0, 0.05) is 39.0 Å². The first-order valence-corrected chi connectivity index (χ1v) is 18.2. The van der Waals surface area contributed by atoms with Gasteiger partial charge in [-0.15, -0.1) is 0 Å². The third-order valence-corrected chi connectivity index (χ3v) is 10.3. The number of carbonyl (C=O) groups excluding carboxylic acids is 3. The van der Waals surface area contributed by atoms with Gasteiger partial charge in [0.25, 0.3) is 0 Å². The van der Waals surface area contributed by atoms with Gasteiger partial charge in [-0.1, -0.05) is 123 Å². The van der Waals surface area contributed by atoms with Gasteiger partial charge >= 0.3 is 0 Å². The lowest BCUT2D eigenvalue weighted by atomic mass is 9.67. The highest BCUT2D eigenvalue weighted by atomic mass is 16.2. The average molecular weight is 651 g/mol. The van der Waals surface area contributed by atoms with Crippen molar-refractivity contribution in [1.29, 1.82) is 0 Å². The molecule has 2 aliphatic rings. The van der Waals surface area contributed by atoms with Crippen molar-refractivity contribution >= 4 is 17.7 Å². The maximum atomic E-state index is 13.5. The molecule has 0 unspecified atom stereocenters. The number of hydrogen-bond acceptors (Lipinski definition) is 4. The van der Waals surface area contributed by atoms with Gasteiger partial charge in [-0.05, 0) is 60.8 Å². The average Bonchev–Trinajstić information content (AvgIpc) is 3.11. The Bertz CT molecular complexity index is 1310. The fourth-order valence-electron chi connectivity index (χ4n) is 7.75. The molecule has 3 N–H and O–H groups in total. The molecule has 0 bridgehead atoms. The number of likely N-dealkylation sites (tertiary alicyclic amines) is 1. The van der Waals surface area contributed by atoms with Gasteiger partial charge in [0.15, 0.2) is 0 Å². The normalized spacial score (nSPS) is 17.9. The molecule has 0 aromatic heterocycles. The van der Waals surface area contributed by atoms with Crippen LogP contribution in [0.3, 0.4) is 0 Å². The number of nitrogens with one attached hydrogen (secondary N) is 3. The third kappa shape index (κ3) is 10.3. The Morgan fingerprint density at radius 2 is 1.15 bits per heavy atom. The van der Waals surface area contributed by atoms with Crippen LogP contribution in [0.5, 0.6) is 0 Å². The molecule has 1 heterocycles. The zero-order valence-corrected chi connectivity index (χ0v) is 28.5. The highest BCUT2D eigenvalue weighted by Crippen LogP contribution is 2.42. The van der Waals surface area contributed by atoms with Crippen LogP contribution in [-0.2, 0) is 19.8 Å². The summed E-state index contributed by atoms with van der Waals surface area (Å²) >= 11 is 0. The minimum atomic E-state index is -0.730. The Morgan fingerprint density at radius 3 is 1.73 bits per heavy atom. The van der Waals surface area contributed by atoms with Crippen LogP contribution in [0, 0.1) is 11.8 Å². The van der Waals surface area contributed by atoms with Crippen LogP contribution in [0.4, 0.5) is 0 Å². The number of benzene rings is 3. The molecular weight excluding hydrogens is 596 g/mol. The van der Waals surface area contributed by atoms with Crippen molar-refractivity contribution in [2.75, 3.05) is 39.3 Å². The van der Waals surface area contributed by atoms with Gasteiger partial charge in [-0.3, -0.25) is 14.4 Å². The van der Waals surface area contributed by atoms with E-state index in [0.717, 1.165) is 35.6 Å². The van der Waals surface area contributed by atoms with E-state index in [-0.39, 0.29) is 43.7 Å². The van der Waals surface area contributed by atoms with E-state index in [2.05, 4.69) is 57.2 Å². The zero-order chi connectivity index (χ0) is 33.4. The van der Waals surface area contributed by atoms with E-state index in [4.69, 9.17) is 0 Å². The Labute approximate surface area is 287 Å². The molecule has 3 aromatic rings. The highest BCUT2D eigenvalue weighted by molar-refractivity contribution is 5.86. The first-order chi connectivity index (χ1) is 23.5. The first kappa shape index (κ1) is 35.3. The predicted octanol–water partition coefficient (Wildman–Crippen LogP) is 6.22.